The number of methoxy groups -OCH3 is 1. The number of rotatable bonds is 7. The highest BCUT2D eigenvalue weighted by Gasteiger charge is 2.21. The van der Waals surface area contributed by atoms with Gasteiger partial charge in [0.05, 0.1) is 13.2 Å². The highest BCUT2D eigenvalue weighted by molar-refractivity contribution is 5.86. The van der Waals surface area contributed by atoms with Gasteiger partial charge in [-0.25, -0.2) is 4.98 Å². The number of aliphatic hydroxyl groups excluding tert-OH is 1. The average molecular weight is 427 g/mol. The van der Waals surface area contributed by atoms with Crippen LogP contribution in [0.1, 0.15) is 31.1 Å². The predicted octanol–water partition coefficient (Wildman–Crippen LogP) is 3.64. The Morgan fingerprint density at radius 1 is 1.25 bits per heavy atom. The van der Waals surface area contributed by atoms with E-state index in [1.54, 1.807) is 25.4 Å². The molecule has 0 fully saturated rings. The van der Waals surface area contributed by atoms with E-state index in [-0.39, 0.29) is 30.4 Å². The molecule has 1 atom stereocenters. The summed E-state index contributed by atoms with van der Waals surface area (Å²) >= 11 is 0. The van der Waals surface area contributed by atoms with Crippen LogP contribution in [0, 0.1) is 0 Å². The summed E-state index contributed by atoms with van der Waals surface area (Å²) < 4.78 is 5.34. The van der Waals surface area contributed by atoms with Crippen LogP contribution >= 0.6 is 24.8 Å². The normalized spacial score (nSPS) is 12.1. The van der Waals surface area contributed by atoms with Crippen molar-refractivity contribution in [3.05, 3.63) is 53.9 Å². The summed E-state index contributed by atoms with van der Waals surface area (Å²) in [4.78, 5) is 7.34. The summed E-state index contributed by atoms with van der Waals surface area (Å²) in [5.74, 6) is 1.29. The van der Waals surface area contributed by atoms with Crippen LogP contribution in [-0.2, 0) is 6.42 Å². The molecule has 0 saturated carbocycles. The number of H-pyrrole nitrogens is 1. The van der Waals surface area contributed by atoms with E-state index in [1.807, 2.05) is 24.4 Å². The number of aromatic nitrogens is 2. The van der Waals surface area contributed by atoms with E-state index in [1.165, 1.54) is 5.56 Å². The molecule has 0 amide bonds. The van der Waals surface area contributed by atoms with Gasteiger partial charge in [0.2, 0.25) is 0 Å². The van der Waals surface area contributed by atoms with E-state index < -0.39 is 6.10 Å². The van der Waals surface area contributed by atoms with Gasteiger partial charge >= 0.3 is 0 Å². The van der Waals surface area contributed by atoms with E-state index >= 15 is 0 Å². The minimum Gasteiger partial charge on any atom is -0.497 e. The third-order valence-corrected chi connectivity index (χ3v) is 4.57. The van der Waals surface area contributed by atoms with Crippen LogP contribution in [0.15, 0.2) is 42.7 Å². The van der Waals surface area contributed by atoms with Crippen LogP contribution in [-0.4, -0.2) is 34.3 Å². The minimum atomic E-state index is -0.634. The van der Waals surface area contributed by atoms with E-state index in [9.17, 15) is 5.11 Å². The lowest BCUT2D eigenvalue weighted by atomic mass is 9.94. The van der Waals surface area contributed by atoms with E-state index in [4.69, 9.17) is 10.5 Å². The van der Waals surface area contributed by atoms with Gasteiger partial charge in [0, 0.05) is 40.9 Å². The molecule has 1 aromatic carbocycles. The molecule has 154 valence electrons. The number of β-amino-alcohol motifs (C(OH)–C–C–N with tert-alkyl or cyclic N) is 1. The van der Waals surface area contributed by atoms with Gasteiger partial charge in [0.15, 0.2) is 0 Å². The number of halogens is 2. The smallest absolute Gasteiger partial charge is 0.123 e. The third-order valence-electron chi connectivity index (χ3n) is 4.57. The number of hydrogen-bond donors (Lipinski definition) is 4. The molecule has 3 rings (SSSR count). The summed E-state index contributed by atoms with van der Waals surface area (Å²) in [6.07, 6.45) is 3.83. The highest BCUT2D eigenvalue weighted by Crippen LogP contribution is 2.26. The van der Waals surface area contributed by atoms with Crippen molar-refractivity contribution in [1.82, 2.24) is 15.3 Å². The number of pyridine rings is 1. The van der Waals surface area contributed by atoms with Crippen molar-refractivity contribution in [2.75, 3.05) is 19.4 Å². The van der Waals surface area contributed by atoms with E-state index in [0.29, 0.717) is 12.4 Å². The second kappa shape index (κ2) is 9.98. The van der Waals surface area contributed by atoms with Crippen LogP contribution in [0.25, 0.3) is 10.9 Å². The first-order valence-corrected chi connectivity index (χ1v) is 8.66. The quantitative estimate of drug-likeness (QED) is 0.462. The molecule has 5 N–H and O–H groups in total. The lowest BCUT2D eigenvalue weighted by Crippen LogP contribution is -2.43. The Morgan fingerprint density at radius 2 is 2.00 bits per heavy atom. The standard InChI is InChI=1S/C20H26N4O2.2ClH/c1-20(2,24-12-18(25)13-4-7-19(21)23-10-13)9-14-11-22-17-6-5-15(26-3)8-16(14)17;;/h4-8,10-11,18,22,24-25H,9,12H2,1-3H3,(H2,21,23);2*1H/t18-;;/m0../s1. The second-order valence-electron chi connectivity index (χ2n) is 7.20. The van der Waals surface area contributed by atoms with Gasteiger partial charge in [0.1, 0.15) is 11.6 Å². The first-order chi connectivity index (χ1) is 12.4. The van der Waals surface area contributed by atoms with Crippen LogP contribution < -0.4 is 15.8 Å². The SMILES string of the molecule is COc1ccc2[nH]cc(CC(C)(C)NC[C@H](O)c3ccc(N)nc3)c2c1.Cl.Cl. The summed E-state index contributed by atoms with van der Waals surface area (Å²) in [5, 5.41) is 15.0. The Labute approximate surface area is 177 Å². The molecule has 0 spiro atoms. The monoisotopic (exact) mass is 426 g/mol. The number of anilines is 1. The first-order valence-electron chi connectivity index (χ1n) is 8.66. The summed E-state index contributed by atoms with van der Waals surface area (Å²) in [6.45, 7) is 4.68. The number of aromatic amines is 1. The fourth-order valence-corrected chi connectivity index (χ4v) is 3.07. The van der Waals surface area contributed by atoms with Gasteiger partial charge in [-0.05, 0) is 50.1 Å². The van der Waals surface area contributed by atoms with Crippen molar-refractivity contribution in [3.63, 3.8) is 0 Å². The number of benzene rings is 1. The molecular weight excluding hydrogens is 399 g/mol. The van der Waals surface area contributed by atoms with E-state index in [2.05, 4.69) is 29.1 Å². The third kappa shape index (κ3) is 5.75. The number of nitrogens with one attached hydrogen (secondary N) is 2. The summed E-state index contributed by atoms with van der Waals surface area (Å²) in [5.41, 5.74) is 8.44. The maximum Gasteiger partial charge on any atom is 0.123 e. The predicted molar refractivity (Wildman–Crippen MR) is 119 cm³/mol. The average Bonchev–Trinajstić information content (AvgIpc) is 3.01. The largest absolute Gasteiger partial charge is 0.497 e. The van der Waals surface area contributed by atoms with Crippen molar-refractivity contribution < 1.29 is 9.84 Å². The molecule has 0 aliphatic heterocycles. The van der Waals surface area contributed by atoms with Gasteiger partial charge in [0.25, 0.3) is 0 Å². The molecule has 0 bridgehead atoms. The fraction of sp³-hybridized carbons (Fsp3) is 0.350. The molecule has 6 nitrogen and oxygen atoms in total. The Morgan fingerprint density at radius 3 is 2.64 bits per heavy atom. The maximum absolute atomic E-state index is 10.4. The number of hydrogen-bond acceptors (Lipinski definition) is 5. The van der Waals surface area contributed by atoms with Gasteiger partial charge in [-0.2, -0.15) is 0 Å². The topological polar surface area (TPSA) is 96.2 Å². The van der Waals surface area contributed by atoms with Crippen LogP contribution in [0.4, 0.5) is 5.82 Å². The molecule has 0 radical (unpaired) electrons. The Balaban J connectivity index is 0.00000196. The van der Waals surface area contributed by atoms with Gasteiger partial charge in [-0.3, -0.25) is 0 Å². The minimum absolute atomic E-state index is 0. The second-order valence-corrected chi connectivity index (χ2v) is 7.20. The van der Waals surface area contributed by atoms with Crippen LogP contribution in [0.2, 0.25) is 0 Å². The molecule has 0 saturated heterocycles. The molecule has 2 aromatic heterocycles. The van der Waals surface area contributed by atoms with Crippen molar-refractivity contribution in [2.45, 2.75) is 31.9 Å². The van der Waals surface area contributed by atoms with Crippen molar-refractivity contribution in [1.29, 1.82) is 0 Å². The van der Waals surface area contributed by atoms with Crippen LogP contribution in [0.3, 0.4) is 0 Å². The summed E-state index contributed by atoms with van der Waals surface area (Å²) in [6, 6.07) is 9.52. The number of fused-ring (bicyclic) bond motifs is 1. The molecule has 0 aliphatic rings. The Bertz CT molecular complexity index is 882. The molecule has 28 heavy (non-hydrogen) atoms. The first kappa shape index (κ1) is 24.0. The molecule has 8 heteroatoms. The lowest BCUT2D eigenvalue weighted by molar-refractivity contribution is 0.160. The van der Waals surface area contributed by atoms with Crippen molar-refractivity contribution in [2.24, 2.45) is 0 Å². The Kier molecular flexibility index (Phi) is 8.57. The zero-order valence-electron chi connectivity index (χ0n) is 16.2. The molecule has 3 aromatic rings. The van der Waals surface area contributed by atoms with Crippen molar-refractivity contribution in [3.8, 4) is 5.75 Å². The zero-order chi connectivity index (χ0) is 18.7. The van der Waals surface area contributed by atoms with Gasteiger partial charge in [-0.1, -0.05) is 6.07 Å². The zero-order valence-corrected chi connectivity index (χ0v) is 17.9. The number of nitrogens with zero attached hydrogens (tertiary/aromatic N) is 1. The molecule has 0 aliphatic carbocycles. The molecular formula is C20H28Cl2N4O2. The van der Waals surface area contributed by atoms with Crippen molar-refractivity contribution >= 4 is 41.5 Å². The number of nitrogen functional groups attached to an aromatic ring is 1. The molecule has 0 unspecified atom stereocenters. The highest BCUT2D eigenvalue weighted by atomic mass is 35.5. The fourth-order valence-electron chi connectivity index (χ4n) is 3.07. The Hall–Kier alpha value is -1.99. The number of aliphatic hydroxyl groups is 1. The molecule has 2 heterocycles. The lowest BCUT2D eigenvalue weighted by Gasteiger charge is -2.28. The maximum atomic E-state index is 10.4. The number of nitrogens with two attached hydrogens (primary N) is 1. The summed E-state index contributed by atoms with van der Waals surface area (Å²) in [7, 11) is 1.67. The van der Waals surface area contributed by atoms with Gasteiger partial charge in [-0.15, -0.1) is 24.8 Å². The van der Waals surface area contributed by atoms with E-state index in [0.717, 1.165) is 28.6 Å². The van der Waals surface area contributed by atoms with Crippen LogP contribution in [0.5, 0.6) is 5.75 Å². The number of ether oxygens (including phenoxy) is 1. The van der Waals surface area contributed by atoms with Gasteiger partial charge < -0.3 is 25.9 Å².